The Morgan fingerprint density at radius 1 is 1.29 bits per heavy atom. The molecular formula is C15H27N3O3. The molecule has 21 heavy (non-hydrogen) atoms. The molecule has 6 heteroatoms. The predicted molar refractivity (Wildman–Crippen MR) is 80.2 cm³/mol. The van der Waals surface area contributed by atoms with Gasteiger partial charge in [-0.05, 0) is 57.7 Å². The lowest BCUT2D eigenvalue weighted by atomic mass is 9.74. The molecule has 0 aromatic heterocycles. The molecule has 6 nitrogen and oxygen atoms in total. The van der Waals surface area contributed by atoms with Crippen molar-refractivity contribution in [3.05, 3.63) is 0 Å². The fraction of sp³-hybridized carbons (Fsp3) is 0.867. The van der Waals surface area contributed by atoms with E-state index in [1.54, 1.807) is 0 Å². The first-order chi connectivity index (χ1) is 10.0. The Bertz CT molecular complexity index is 374. The fourth-order valence-electron chi connectivity index (χ4n) is 3.27. The van der Waals surface area contributed by atoms with Gasteiger partial charge in [0.05, 0.1) is 12.0 Å². The van der Waals surface area contributed by atoms with Crippen molar-refractivity contribution in [1.29, 1.82) is 0 Å². The average molecular weight is 297 g/mol. The lowest BCUT2D eigenvalue weighted by molar-refractivity contribution is -0.139. The van der Waals surface area contributed by atoms with E-state index < -0.39 is 11.5 Å². The highest BCUT2D eigenvalue weighted by Gasteiger charge is 2.40. The van der Waals surface area contributed by atoms with Crippen molar-refractivity contribution in [2.75, 3.05) is 26.2 Å². The zero-order valence-corrected chi connectivity index (χ0v) is 12.9. The van der Waals surface area contributed by atoms with Crippen LogP contribution >= 0.6 is 0 Å². The van der Waals surface area contributed by atoms with Crippen molar-refractivity contribution in [2.24, 2.45) is 5.92 Å². The van der Waals surface area contributed by atoms with Gasteiger partial charge < -0.3 is 20.6 Å². The minimum absolute atomic E-state index is 0.0231. The second kappa shape index (κ2) is 7.11. The zero-order chi connectivity index (χ0) is 15.3. The Hall–Kier alpha value is -1.30. The van der Waals surface area contributed by atoms with Crippen molar-refractivity contribution in [3.63, 3.8) is 0 Å². The molecule has 2 aliphatic rings. The van der Waals surface area contributed by atoms with Gasteiger partial charge in [0.25, 0.3) is 0 Å². The van der Waals surface area contributed by atoms with Crippen LogP contribution in [0.25, 0.3) is 0 Å². The molecule has 1 aliphatic carbocycles. The molecule has 1 heterocycles. The number of piperidine rings is 1. The van der Waals surface area contributed by atoms with Crippen LogP contribution in [0.15, 0.2) is 0 Å². The molecule has 1 saturated carbocycles. The molecule has 0 aromatic rings. The molecule has 2 fully saturated rings. The van der Waals surface area contributed by atoms with Gasteiger partial charge in [-0.25, -0.2) is 4.79 Å². The van der Waals surface area contributed by atoms with E-state index in [1.807, 2.05) is 0 Å². The number of hydrogen-bond donors (Lipinski definition) is 3. The van der Waals surface area contributed by atoms with E-state index in [9.17, 15) is 9.59 Å². The molecule has 3 N–H and O–H groups in total. The number of nitrogens with one attached hydrogen (secondary N) is 2. The number of rotatable bonds is 6. The standard InChI is InChI=1S/C15H27N3O3/c1-2-18-8-4-12(5-9-18)11-16-14(21)17-15(6-3-7-15)10-13(19)20/h12H,2-11H2,1H3,(H,19,20)(H2,16,17,21). The number of urea groups is 1. The van der Waals surface area contributed by atoms with Crippen molar-refractivity contribution < 1.29 is 14.7 Å². The highest BCUT2D eigenvalue weighted by Crippen LogP contribution is 2.34. The Morgan fingerprint density at radius 3 is 2.43 bits per heavy atom. The second-order valence-electron chi connectivity index (χ2n) is 6.42. The smallest absolute Gasteiger partial charge is 0.315 e. The van der Waals surface area contributed by atoms with Crippen LogP contribution in [0.2, 0.25) is 0 Å². The van der Waals surface area contributed by atoms with Crippen molar-refractivity contribution >= 4 is 12.0 Å². The van der Waals surface area contributed by atoms with Gasteiger partial charge in [-0.15, -0.1) is 0 Å². The summed E-state index contributed by atoms with van der Waals surface area (Å²) in [5, 5.41) is 14.7. The summed E-state index contributed by atoms with van der Waals surface area (Å²) in [6, 6.07) is -0.214. The maximum Gasteiger partial charge on any atom is 0.315 e. The molecule has 0 spiro atoms. The van der Waals surface area contributed by atoms with Gasteiger partial charge in [-0.2, -0.15) is 0 Å². The summed E-state index contributed by atoms with van der Waals surface area (Å²) in [7, 11) is 0. The number of nitrogens with zero attached hydrogens (tertiary/aromatic N) is 1. The quantitative estimate of drug-likeness (QED) is 0.692. The van der Waals surface area contributed by atoms with Gasteiger partial charge >= 0.3 is 12.0 Å². The van der Waals surface area contributed by atoms with Gasteiger partial charge in [0.2, 0.25) is 0 Å². The summed E-state index contributed by atoms with van der Waals surface area (Å²) in [5.41, 5.74) is -0.512. The van der Waals surface area contributed by atoms with Gasteiger partial charge in [0.15, 0.2) is 0 Å². The monoisotopic (exact) mass is 297 g/mol. The Labute approximate surface area is 126 Å². The number of aliphatic carboxylic acids is 1. The average Bonchev–Trinajstić information content (AvgIpc) is 2.43. The highest BCUT2D eigenvalue weighted by molar-refractivity contribution is 5.77. The summed E-state index contributed by atoms with van der Waals surface area (Å²) in [4.78, 5) is 25.3. The van der Waals surface area contributed by atoms with E-state index in [1.165, 1.54) is 0 Å². The van der Waals surface area contributed by atoms with Crippen LogP contribution < -0.4 is 10.6 Å². The number of carbonyl (C=O) groups excluding carboxylic acids is 1. The van der Waals surface area contributed by atoms with Crippen LogP contribution in [-0.4, -0.2) is 53.7 Å². The van der Waals surface area contributed by atoms with Gasteiger partial charge in [-0.1, -0.05) is 6.92 Å². The molecule has 0 radical (unpaired) electrons. The minimum atomic E-state index is -0.845. The van der Waals surface area contributed by atoms with Crippen molar-refractivity contribution in [1.82, 2.24) is 15.5 Å². The number of carbonyl (C=O) groups is 2. The lowest BCUT2D eigenvalue weighted by Gasteiger charge is -2.41. The van der Waals surface area contributed by atoms with Crippen LogP contribution in [0.1, 0.15) is 45.4 Å². The molecule has 0 bridgehead atoms. The van der Waals surface area contributed by atoms with Crippen LogP contribution in [0.4, 0.5) is 4.79 Å². The normalized spacial score (nSPS) is 22.3. The molecule has 0 unspecified atom stereocenters. The summed E-state index contributed by atoms with van der Waals surface area (Å²) < 4.78 is 0. The van der Waals surface area contributed by atoms with E-state index in [0.29, 0.717) is 12.5 Å². The van der Waals surface area contributed by atoms with Gasteiger partial charge in [0, 0.05) is 6.54 Å². The summed E-state index contributed by atoms with van der Waals surface area (Å²) in [6.07, 6.45) is 4.78. The number of amides is 2. The molecule has 0 atom stereocenters. The van der Waals surface area contributed by atoms with E-state index in [0.717, 1.165) is 51.7 Å². The topological polar surface area (TPSA) is 81.7 Å². The number of likely N-dealkylation sites (tertiary alicyclic amines) is 1. The van der Waals surface area contributed by atoms with Crippen molar-refractivity contribution in [2.45, 2.75) is 51.0 Å². The third-order valence-corrected chi connectivity index (χ3v) is 4.88. The largest absolute Gasteiger partial charge is 0.481 e. The van der Waals surface area contributed by atoms with E-state index in [4.69, 9.17) is 5.11 Å². The zero-order valence-electron chi connectivity index (χ0n) is 12.9. The third-order valence-electron chi connectivity index (χ3n) is 4.88. The molecular weight excluding hydrogens is 270 g/mol. The SMILES string of the molecule is CCN1CCC(CNC(=O)NC2(CC(=O)O)CCC2)CC1. The summed E-state index contributed by atoms with van der Waals surface area (Å²) in [5.74, 6) is -0.308. The molecule has 1 aliphatic heterocycles. The van der Waals surface area contributed by atoms with Gasteiger partial charge in [-0.3, -0.25) is 4.79 Å². The Morgan fingerprint density at radius 2 is 1.95 bits per heavy atom. The first-order valence-electron chi connectivity index (χ1n) is 8.03. The lowest BCUT2D eigenvalue weighted by Crippen LogP contribution is -2.57. The first kappa shape index (κ1) is 16.1. The first-order valence-corrected chi connectivity index (χ1v) is 8.03. The number of hydrogen-bond acceptors (Lipinski definition) is 3. The summed E-state index contributed by atoms with van der Waals surface area (Å²) in [6.45, 7) is 6.16. The Balaban J connectivity index is 1.69. The summed E-state index contributed by atoms with van der Waals surface area (Å²) >= 11 is 0. The maximum absolute atomic E-state index is 12.0. The highest BCUT2D eigenvalue weighted by atomic mass is 16.4. The maximum atomic E-state index is 12.0. The molecule has 2 amide bonds. The van der Waals surface area contributed by atoms with E-state index in [2.05, 4.69) is 22.5 Å². The molecule has 1 saturated heterocycles. The Kier molecular flexibility index (Phi) is 5.45. The fourth-order valence-corrected chi connectivity index (χ4v) is 3.27. The van der Waals surface area contributed by atoms with E-state index in [-0.39, 0.29) is 12.5 Å². The number of carboxylic acids is 1. The minimum Gasteiger partial charge on any atom is -0.481 e. The van der Waals surface area contributed by atoms with Crippen LogP contribution in [0.5, 0.6) is 0 Å². The van der Waals surface area contributed by atoms with Gasteiger partial charge in [0.1, 0.15) is 0 Å². The van der Waals surface area contributed by atoms with E-state index >= 15 is 0 Å². The van der Waals surface area contributed by atoms with Crippen LogP contribution in [0.3, 0.4) is 0 Å². The number of carboxylic acid groups (broad SMARTS) is 1. The molecule has 2 rings (SSSR count). The van der Waals surface area contributed by atoms with Crippen LogP contribution in [-0.2, 0) is 4.79 Å². The van der Waals surface area contributed by atoms with Crippen LogP contribution in [0, 0.1) is 5.92 Å². The molecule has 0 aromatic carbocycles. The predicted octanol–water partition coefficient (Wildman–Crippen LogP) is 1.41. The molecule has 120 valence electrons. The second-order valence-corrected chi connectivity index (χ2v) is 6.42. The van der Waals surface area contributed by atoms with Crippen molar-refractivity contribution in [3.8, 4) is 0 Å². The third kappa shape index (κ3) is 4.59.